The monoisotopic (exact) mass is 190 g/mol. The van der Waals surface area contributed by atoms with Crippen LogP contribution in [0.3, 0.4) is 0 Å². The second kappa shape index (κ2) is 1.88. The van der Waals surface area contributed by atoms with Gasteiger partial charge in [0.25, 0.3) is 0 Å². The van der Waals surface area contributed by atoms with E-state index in [1.807, 2.05) is 0 Å². The summed E-state index contributed by atoms with van der Waals surface area (Å²) in [7, 11) is 0. The van der Waals surface area contributed by atoms with Crippen molar-refractivity contribution in [2.45, 2.75) is 14.8 Å². The van der Waals surface area contributed by atoms with Gasteiger partial charge in [0.15, 0.2) is 0 Å². The molecule has 0 aromatic rings. The fourth-order valence-corrected chi connectivity index (χ4v) is 0. The van der Waals surface area contributed by atoms with E-state index in [1.165, 1.54) is 0 Å². The van der Waals surface area contributed by atoms with Crippen LogP contribution in [0.25, 0.3) is 0 Å². The second-order valence-electron chi connectivity index (χ2n) is 2.39. The standard InChI is InChI=1S/C2H.3CH3.Sn/c1-2;;;;/h1H;3*1H3;. The third kappa shape index (κ3) is 4.36. The van der Waals surface area contributed by atoms with Gasteiger partial charge in [-0.2, -0.15) is 0 Å². The first kappa shape index (κ1) is 6.36. The molecule has 34 valence electrons. The zero-order valence-corrected chi connectivity index (χ0v) is 7.43. The van der Waals surface area contributed by atoms with Crippen LogP contribution in [-0.4, -0.2) is 18.4 Å². The van der Waals surface area contributed by atoms with Gasteiger partial charge in [0.1, 0.15) is 0 Å². The van der Waals surface area contributed by atoms with E-state index in [0.717, 1.165) is 0 Å². The zero-order chi connectivity index (χ0) is 5.21. The van der Waals surface area contributed by atoms with E-state index in [-0.39, 0.29) is 0 Å². The molecule has 0 rings (SSSR count). The van der Waals surface area contributed by atoms with Crippen molar-refractivity contribution in [2.75, 3.05) is 0 Å². The van der Waals surface area contributed by atoms with Crippen LogP contribution in [0.4, 0.5) is 0 Å². The third-order valence-electron chi connectivity index (χ3n) is 0.433. The van der Waals surface area contributed by atoms with Gasteiger partial charge in [-0.1, -0.05) is 0 Å². The molecule has 0 bridgehead atoms. The van der Waals surface area contributed by atoms with Gasteiger partial charge in [-0.05, 0) is 0 Å². The minimum absolute atomic E-state index is 1.70. The van der Waals surface area contributed by atoms with Crippen LogP contribution in [0.15, 0.2) is 0 Å². The molecule has 0 aliphatic rings. The quantitative estimate of drug-likeness (QED) is 0.400. The summed E-state index contributed by atoms with van der Waals surface area (Å²) in [5.74, 6) is 0. The molecule has 0 aromatic heterocycles. The summed E-state index contributed by atoms with van der Waals surface area (Å²) in [6.07, 6.45) is 5.15. The van der Waals surface area contributed by atoms with Crippen molar-refractivity contribution < 1.29 is 0 Å². The van der Waals surface area contributed by atoms with Crippen LogP contribution in [-0.2, 0) is 0 Å². The number of terminal acetylenes is 1. The average molecular weight is 189 g/mol. The summed E-state index contributed by atoms with van der Waals surface area (Å²) in [6.45, 7) is 0. The van der Waals surface area contributed by atoms with Crippen LogP contribution >= 0.6 is 0 Å². The molecule has 1 heteroatoms. The Morgan fingerprint density at radius 1 is 1.33 bits per heavy atom. The molecule has 0 aromatic carbocycles. The van der Waals surface area contributed by atoms with Gasteiger partial charge in [0.2, 0.25) is 0 Å². The van der Waals surface area contributed by atoms with Gasteiger partial charge in [-0.3, -0.25) is 0 Å². The second-order valence-corrected chi connectivity index (χ2v) is 16.1. The predicted octanol–water partition coefficient (Wildman–Crippen LogP) is 1.50. The van der Waals surface area contributed by atoms with Crippen molar-refractivity contribution in [1.29, 1.82) is 0 Å². The van der Waals surface area contributed by atoms with Gasteiger partial charge < -0.3 is 0 Å². The van der Waals surface area contributed by atoms with E-state index in [4.69, 9.17) is 6.42 Å². The Balaban J connectivity index is 3.55. The Morgan fingerprint density at radius 3 is 1.50 bits per heavy atom. The number of rotatable bonds is 0. The van der Waals surface area contributed by atoms with Gasteiger partial charge in [0, 0.05) is 0 Å². The predicted molar refractivity (Wildman–Crippen MR) is 32.2 cm³/mol. The number of hydrogen-bond donors (Lipinski definition) is 0. The van der Waals surface area contributed by atoms with Gasteiger partial charge in [0.05, 0.1) is 0 Å². The van der Waals surface area contributed by atoms with E-state index < -0.39 is 18.4 Å². The molecule has 0 N–H and O–H groups in total. The Bertz CT molecular complexity index is 70.9. The van der Waals surface area contributed by atoms with E-state index in [9.17, 15) is 0 Å². The van der Waals surface area contributed by atoms with Crippen molar-refractivity contribution in [3.8, 4) is 10.4 Å². The SMILES string of the molecule is C#[C][Sn]([CH3])([CH3])[CH3]. The molecule has 0 saturated heterocycles. The Labute approximate surface area is 43.8 Å². The third-order valence-corrected chi connectivity index (χ3v) is 2.90. The van der Waals surface area contributed by atoms with Crippen molar-refractivity contribution in [2.24, 2.45) is 0 Å². The van der Waals surface area contributed by atoms with Crippen LogP contribution in [0.5, 0.6) is 0 Å². The first-order chi connectivity index (χ1) is 2.56. The Kier molecular flexibility index (Phi) is 1.99. The molecule has 0 heterocycles. The molecule has 0 atom stereocenters. The topological polar surface area (TPSA) is 0 Å². The summed E-state index contributed by atoms with van der Waals surface area (Å²) in [5, 5.41) is 0. The normalized spacial score (nSPS) is 10.3. The van der Waals surface area contributed by atoms with Crippen molar-refractivity contribution in [3.05, 3.63) is 0 Å². The Morgan fingerprint density at radius 2 is 1.50 bits per heavy atom. The molecule has 0 radical (unpaired) electrons. The molecule has 0 saturated carbocycles. The molecule has 0 fully saturated rings. The maximum absolute atomic E-state index is 5.15. The van der Waals surface area contributed by atoms with Crippen LogP contribution < -0.4 is 0 Å². The molecule has 0 aliphatic carbocycles. The van der Waals surface area contributed by atoms with E-state index >= 15 is 0 Å². The zero-order valence-electron chi connectivity index (χ0n) is 4.58. The van der Waals surface area contributed by atoms with Crippen LogP contribution in [0.1, 0.15) is 0 Å². The number of hydrogen-bond acceptors (Lipinski definition) is 0. The van der Waals surface area contributed by atoms with Crippen molar-refractivity contribution in [3.63, 3.8) is 0 Å². The first-order valence-corrected chi connectivity index (χ1v) is 12.0. The molecule has 6 heavy (non-hydrogen) atoms. The summed E-state index contributed by atoms with van der Waals surface area (Å²) in [6, 6.07) is 0. The maximum atomic E-state index is 5.15. The van der Waals surface area contributed by atoms with Crippen LogP contribution in [0, 0.1) is 10.4 Å². The molecule has 0 nitrogen and oxygen atoms in total. The summed E-state index contributed by atoms with van der Waals surface area (Å²) < 4.78 is 2.81. The van der Waals surface area contributed by atoms with Gasteiger partial charge >= 0.3 is 43.6 Å². The molecular weight excluding hydrogens is 179 g/mol. The summed E-state index contributed by atoms with van der Waals surface area (Å²) >= 11 is -1.70. The van der Waals surface area contributed by atoms with Gasteiger partial charge in [-0.25, -0.2) is 0 Å². The van der Waals surface area contributed by atoms with Crippen LogP contribution in [0.2, 0.25) is 14.8 Å². The summed E-state index contributed by atoms with van der Waals surface area (Å²) in [4.78, 5) is 6.65. The minimum atomic E-state index is -1.70. The molecule has 0 unspecified atom stereocenters. The first-order valence-electron chi connectivity index (χ1n) is 2.04. The van der Waals surface area contributed by atoms with E-state index in [2.05, 4.69) is 18.8 Å². The average Bonchev–Trinajstić information content (AvgIpc) is 1.35. The van der Waals surface area contributed by atoms with Crippen molar-refractivity contribution >= 4 is 18.4 Å². The molecule has 0 spiro atoms. The van der Waals surface area contributed by atoms with Crippen molar-refractivity contribution in [1.82, 2.24) is 0 Å². The molecule has 0 amide bonds. The Hall–Kier alpha value is 0.359. The van der Waals surface area contributed by atoms with Gasteiger partial charge in [-0.15, -0.1) is 0 Å². The fourth-order valence-electron chi connectivity index (χ4n) is 0. The fraction of sp³-hybridized carbons (Fsp3) is 0.600. The van der Waals surface area contributed by atoms with E-state index in [0.29, 0.717) is 0 Å². The summed E-state index contributed by atoms with van der Waals surface area (Å²) in [5.41, 5.74) is 0. The molecular formula is C5H10Sn. The van der Waals surface area contributed by atoms with E-state index in [1.54, 1.807) is 0 Å². The molecule has 0 aliphatic heterocycles.